The number of benzene rings is 2. The minimum absolute atomic E-state index is 0.0247. The van der Waals surface area contributed by atoms with Gasteiger partial charge in [0.25, 0.3) is 5.91 Å². The number of pyridine rings is 1. The molecule has 2 aromatic carbocycles. The van der Waals surface area contributed by atoms with E-state index in [0.29, 0.717) is 0 Å². The number of carbonyl (C=O) groups is 1. The summed E-state index contributed by atoms with van der Waals surface area (Å²) < 4.78 is 76.3. The first kappa shape index (κ1) is 18.7. The molecule has 0 bridgehead atoms. The number of hydrogen-bond donors (Lipinski definition) is 1. The van der Waals surface area contributed by atoms with Gasteiger partial charge in [-0.3, -0.25) is 10.1 Å². The predicted molar refractivity (Wildman–Crippen MR) is 85.7 cm³/mol. The molecule has 3 aromatic rings. The largest absolute Gasteiger partial charge is 0.484 e. The molecule has 3 rings (SSSR count). The van der Waals surface area contributed by atoms with Crippen LogP contribution in [0.3, 0.4) is 0 Å². The van der Waals surface area contributed by atoms with E-state index in [1.807, 2.05) is 0 Å². The van der Waals surface area contributed by atoms with Gasteiger partial charge in [-0.25, -0.2) is 4.98 Å². The van der Waals surface area contributed by atoms with E-state index in [9.17, 15) is 31.1 Å². The van der Waals surface area contributed by atoms with Crippen LogP contribution in [0.15, 0.2) is 54.6 Å². The summed E-state index contributed by atoms with van der Waals surface area (Å²) in [5.41, 5.74) is -1.12. The smallest absolute Gasteiger partial charge is 0.269 e. The van der Waals surface area contributed by atoms with Crippen LogP contribution in [0.4, 0.5) is 26.3 Å². The van der Waals surface area contributed by atoms with Crippen LogP contribution in [-0.2, 0) is 6.18 Å². The first-order chi connectivity index (χ1) is 12.5. The summed E-state index contributed by atoms with van der Waals surface area (Å²) in [5, 5.41) is 1.04. The maximum atomic E-state index is 12.9. The van der Waals surface area contributed by atoms with E-state index >= 15 is 0 Å². The summed E-state index contributed by atoms with van der Waals surface area (Å²) in [5.74, 6) is -1.42. The molecule has 3 nitrogen and oxygen atoms in total. The molecule has 0 fully saturated rings. The van der Waals surface area contributed by atoms with Gasteiger partial charge in [0.05, 0.1) is 22.3 Å². The van der Waals surface area contributed by atoms with Gasteiger partial charge in [-0.15, -0.1) is 0 Å². The van der Waals surface area contributed by atoms with E-state index < -0.39 is 23.9 Å². The third-order valence-corrected chi connectivity index (χ3v) is 3.70. The van der Waals surface area contributed by atoms with Gasteiger partial charge in [0, 0.05) is 10.9 Å². The lowest BCUT2D eigenvalue weighted by molar-refractivity contribution is -0.146. The van der Waals surface area contributed by atoms with Crippen molar-refractivity contribution in [3.05, 3.63) is 65.7 Å². The number of halogens is 6. The zero-order valence-corrected chi connectivity index (χ0v) is 13.3. The Labute approximate surface area is 148 Å². The van der Waals surface area contributed by atoms with Gasteiger partial charge in [0.15, 0.2) is 0 Å². The number of hydrogen-bond acceptors (Lipinski definition) is 2. The molecular formula is C18H10F6N2O. The zero-order chi connectivity index (χ0) is 19.8. The first-order valence-corrected chi connectivity index (χ1v) is 7.51. The number of nitrogens with one attached hydrogen (secondary N) is 1. The van der Waals surface area contributed by atoms with Gasteiger partial charge >= 0.3 is 12.5 Å². The second-order valence-corrected chi connectivity index (χ2v) is 5.60. The van der Waals surface area contributed by atoms with E-state index in [0.717, 1.165) is 29.6 Å². The van der Waals surface area contributed by atoms with Crippen molar-refractivity contribution in [2.75, 3.05) is 0 Å². The standard InChI is InChI=1S/C18H10F6N2O/c19-17(20,21)11-5-3-4-10(8-11)15-9-13(16(27)26-18(22,23)24)12-6-1-2-7-14(12)25-15/h1-9H,(H,26,27). The topological polar surface area (TPSA) is 42.0 Å². The van der Waals surface area contributed by atoms with Crippen LogP contribution >= 0.6 is 0 Å². The van der Waals surface area contributed by atoms with Gasteiger partial charge < -0.3 is 0 Å². The quantitative estimate of drug-likeness (QED) is 0.489. The van der Waals surface area contributed by atoms with Gasteiger partial charge in [-0.1, -0.05) is 30.3 Å². The van der Waals surface area contributed by atoms with Crippen molar-refractivity contribution in [1.82, 2.24) is 10.3 Å². The molecule has 0 spiro atoms. The number of amides is 1. The molecule has 0 aliphatic carbocycles. The van der Waals surface area contributed by atoms with Crippen molar-refractivity contribution in [3.63, 3.8) is 0 Å². The fourth-order valence-corrected chi connectivity index (χ4v) is 2.56. The van der Waals surface area contributed by atoms with E-state index in [1.54, 1.807) is 6.07 Å². The van der Waals surface area contributed by atoms with Crippen LogP contribution in [0, 0.1) is 0 Å². The number of nitrogens with zero attached hydrogens (tertiary/aromatic N) is 1. The van der Waals surface area contributed by atoms with E-state index in [-0.39, 0.29) is 27.7 Å². The fourth-order valence-electron chi connectivity index (χ4n) is 2.56. The summed E-state index contributed by atoms with van der Waals surface area (Å²) in [7, 11) is 0. The number of para-hydroxylation sites is 1. The van der Waals surface area contributed by atoms with Crippen LogP contribution in [-0.4, -0.2) is 17.2 Å². The third kappa shape index (κ3) is 4.18. The molecule has 0 atom stereocenters. The van der Waals surface area contributed by atoms with Crippen LogP contribution in [0.1, 0.15) is 15.9 Å². The highest BCUT2D eigenvalue weighted by Gasteiger charge is 2.32. The number of rotatable bonds is 2. The molecule has 0 saturated carbocycles. The molecule has 0 aliphatic heterocycles. The molecule has 0 aliphatic rings. The van der Waals surface area contributed by atoms with Crippen molar-refractivity contribution < 1.29 is 31.1 Å². The Hall–Kier alpha value is -3.10. The first-order valence-electron chi connectivity index (χ1n) is 7.51. The Morgan fingerprint density at radius 2 is 1.59 bits per heavy atom. The number of aromatic nitrogens is 1. The van der Waals surface area contributed by atoms with Crippen molar-refractivity contribution in [1.29, 1.82) is 0 Å². The molecule has 1 aromatic heterocycles. The SMILES string of the molecule is O=C(NC(F)(F)F)c1cc(-c2cccc(C(F)(F)F)c2)nc2ccccc12. The molecular weight excluding hydrogens is 374 g/mol. The molecule has 0 saturated heterocycles. The second kappa shape index (κ2) is 6.57. The van der Waals surface area contributed by atoms with Gasteiger partial charge in [0.2, 0.25) is 0 Å². The number of carbonyl (C=O) groups excluding carboxylic acids is 1. The van der Waals surface area contributed by atoms with E-state index in [4.69, 9.17) is 0 Å². The molecule has 1 heterocycles. The molecule has 140 valence electrons. The summed E-state index contributed by atoms with van der Waals surface area (Å²) in [6, 6.07) is 11.1. The highest BCUT2D eigenvalue weighted by molar-refractivity contribution is 6.07. The molecule has 27 heavy (non-hydrogen) atoms. The normalized spacial score (nSPS) is 12.2. The van der Waals surface area contributed by atoms with Crippen molar-refractivity contribution in [2.24, 2.45) is 0 Å². The molecule has 1 N–H and O–H groups in total. The maximum Gasteiger partial charge on any atom is 0.484 e. The Morgan fingerprint density at radius 3 is 2.26 bits per heavy atom. The molecule has 9 heteroatoms. The minimum Gasteiger partial charge on any atom is -0.269 e. The summed E-state index contributed by atoms with van der Waals surface area (Å²) in [4.78, 5) is 16.2. The van der Waals surface area contributed by atoms with Crippen LogP contribution in [0.25, 0.3) is 22.2 Å². The average Bonchev–Trinajstić information content (AvgIpc) is 2.58. The fraction of sp³-hybridized carbons (Fsp3) is 0.111. The minimum atomic E-state index is -4.95. The van der Waals surface area contributed by atoms with E-state index in [1.165, 1.54) is 24.3 Å². The monoisotopic (exact) mass is 384 g/mol. The summed E-state index contributed by atoms with van der Waals surface area (Å²) >= 11 is 0. The lowest BCUT2D eigenvalue weighted by atomic mass is 10.0. The maximum absolute atomic E-state index is 12.9. The Balaban J connectivity index is 2.17. The molecule has 1 amide bonds. The lowest BCUT2D eigenvalue weighted by Crippen LogP contribution is -2.37. The average molecular weight is 384 g/mol. The molecule has 0 radical (unpaired) electrons. The number of alkyl halides is 6. The van der Waals surface area contributed by atoms with Crippen LogP contribution in [0.5, 0.6) is 0 Å². The van der Waals surface area contributed by atoms with Crippen molar-refractivity contribution in [3.8, 4) is 11.3 Å². The van der Waals surface area contributed by atoms with Crippen LogP contribution < -0.4 is 5.32 Å². The second-order valence-electron chi connectivity index (χ2n) is 5.60. The van der Waals surface area contributed by atoms with Crippen LogP contribution in [0.2, 0.25) is 0 Å². The Bertz CT molecular complexity index is 1010. The van der Waals surface area contributed by atoms with Gasteiger partial charge in [-0.2, -0.15) is 26.3 Å². The highest BCUT2D eigenvalue weighted by Crippen LogP contribution is 2.33. The summed E-state index contributed by atoms with van der Waals surface area (Å²) in [6.07, 6.45) is -9.54. The third-order valence-electron chi connectivity index (χ3n) is 3.70. The number of fused-ring (bicyclic) bond motifs is 1. The van der Waals surface area contributed by atoms with E-state index in [2.05, 4.69) is 4.98 Å². The lowest BCUT2D eigenvalue weighted by Gasteiger charge is -2.13. The highest BCUT2D eigenvalue weighted by atomic mass is 19.4. The predicted octanol–water partition coefficient (Wildman–Crippen LogP) is 5.17. The zero-order valence-electron chi connectivity index (χ0n) is 13.3. The molecule has 0 unspecified atom stereocenters. The van der Waals surface area contributed by atoms with Gasteiger partial charge in [0.1, 0.15) is 0 Å². The Morgan fingerprint density at radius 1 is 0.889 bits per heavy atom. The summed E-state index contributed by atoms with van der Waals surface area (Å²) in [6.45, 7) is 0. The van der Waals surface area contributed by atoms with Crippen molar-refractivity contribution in [2.45, 2.75) is 12.5 Å². The Kier molecular flexibility index (Phi) is 4.54. The van der Waals surface area contributed by atoms with Gasteiger partial charge in [-0.05, 0) is 24.3 Å². The van der Waals surface area contributed by atoms with Crippen molar-refractivity contribution >= 4 is 16.8 Å².